The summed E-state index contributed by atoms with van der Waals surface area (Å²) in [6.45, 7) is 6.18. The molecular formula is C13H18O. The predicted octanol–water partition coefficient (Wildman–Crippen LogP) is 2.85. The van der Waals surface area contributed by atoms with Gasteiger partial charge in [-0.25, -0.2) is 0 Å². The maximum absolute atomic E-state index is 10.3. The highest BCUT2D eigenvalue weighted by Crippen LogP contribution is 2.36. The Morgan fingerprint density at radius 1 is 1.29 bits per heavy atom. The summed E-state index contributed by atoms with van der Waals surface area (Å²) in [4.78, 5) is 0. The smallest absolute Gasteiger partial charge is 0.0871 e. The Bertz CT molecular complexity index is 364. The van der Waals surface area contributed by atoms with Gasteiger partial charge in [-0.2, -0.15) is 0 Å². The first-order valence-corrected chi connectivity index (χ1v) is 5.34. The molecule has 2 rings (SSSR count). The molecular weight excluding hydrogens is 172 g/mol. The van der Waals surface area contributed by atoms with Crippen molar-refractivity contribution in [2.75, 3.05) is 0 Å². The van der Waals surface area contributed by atoms with Crippen LogP contribution in [0.25, 0.3) is 0 Å². The molecule has 0 saturated carbocycles. The average molecular weight is 190 g/mol. The lowest BCUT2D eigenvalue weighted by atomic mass is 9.78. The lowest BCUT2D eigenvalue weighted by molar-refractivity contribution is 0.0385. The van der Waals surface area contributed by atoms with Crippen molar-refractivity contribution in [3.63, 3.8) is 0 Å². The Morgan fingerprint density at radius 3 is 2.71 bits per heavy atom. The van der Waals surface area contributed by atoms with Crippen molar-refractivity contribution < 1.29 is 5.11 Å². The minimum atomic E-state index is -0.607. The van der Waals surface area contributed by atoms with Crippen molar-refractivity contribution in [1.82, 2.24) is 0 Å². The summed E-state index contributed by atoms with van der Waals surface area (Å²) < 4.78 is 0. The summed E-state index contributed by atoms with van der Waals surface area (Å²) in [6, 6.07) is 4.35. The van der Waals surface area contributed by atoms with Gasteiger partial charge in [-0.05, 0) is 56.7 Å². The van der Waals surface area contributed by atoms with E-state index in [1.807, 2.05) is 6.92 Å². The van der Waals surface area contributed by atoms with Crippen molar-refractivity contribution in [1.29, 1.82) is 0 Å². The number of fused-ring (bicyclic) bond motifs is 1. The number of rotatable bonds is 0. The Balaban J connectivity index is 2.63. The van der Waals surface area contributed by atoms with E-state index in [9.17, 15) is 5.11 Å². The van der Waals surface area contributed by atoms with Crippen LogP contribution in [0, 0.1) is 13.8 Å². The molecule has 1 nitrogen and oxygen atoms in total. The van der Waals surface area contributed by atoms with E-state index in [1.54, 1.807) is 0 Å². The largest absolute Gasteiger partial charge is 0.385 e. The molecule has 0 aliphatic heterocycles. The molecule has 0 fully saturated rings. The highest BCUT2D eigenvalue weighted by molar-refractivity contribution is 5.42. The van der Waals surface area contributed by atoms with Gasteiger partial charge in [-0.3, -0.25) is 0 Å². The molecule has 1 heteroatoms. The van der Waals surface area contributed by atoms with E-state index >= 15 is 0 Å². The zero-order valence-corrected chi connectivity index (χ0v) is 9.22. The third-order valence-corrected chi connectivity index (χ3v) is 3.29. The predicted molar refractivity (Wildman–Crippen MR) is 58.4 cm³/mol. The minimum absolute atomic E-state index is 0.607. The van der Waals surface area contributed by atoms with Gasteiger partial charge in [0.2, 0.25) is 0 Å². The summed E-state index contributed by atoms with van der Waals surface area (Å²) in [5, 5.41) is 10.3. The van der Waals surface area contributed by atoms with Crippen molar-refractivity contribution in [2.45, 2.75) is 45.6 Å². The topological polar surface area (TPSA) is 20.2 Å². The summed E-state index contributed by atoms with van der Waals surface area (Å²) in [5.41, 5.74) is 4.50. The van der Waals surface area contributed by atoms with Crippen LogP contribution >= 0.6 is 0 Å². The molecule has 1 aromatic rings. The van der Waals surface area contributed by atoms with Gasteiger partial charge >= 0.3 is 0 Å². The number of benzene rings is 1. The molecule has 1 aliphatic carbocycles. The van der Waals surface area contributed by atoms with Gasteiger partial charge in [0.15, 0.2) is 0 Å². The number of hydrogen-bond acceptors (Lipinski definition) is 1. The molecule has 0 amide bonds. The van der Waals surface area contributed by atoms with E-state index in [0.717, 1.165) is 24.8 Å². The van der Waals surface area contributed by atoms with Crippen LogP contribution in [-0.4, -0.2) is 5.11 Å². The molecule has 1 atom stereocenters. The summed E-state index contributed by atoms with van der Waals surface area (Å²) in [5.74, 6) is 0. The molecule has 76 valence electrons. The molecule has 14 heavy (non-hydrogen) atoms. The fourth-order valence-electron chi connectivity index (χ4n) is 2.55. The molecule has 0 heterocycles. The Morgan fingerprint density at radius 2 is 2.00 bits per heavy atom. The fraction of sp³-hybridized carbons (Fsp3) is 0.538. The lowest BCUT2D eigenvalue weighted by Crippen LogP contribution is -2.27. The quantitative estimate of drug-likeness (QED) is 0.667. The molecule has 0 bridgehead atoms. The average Bonchev–Trinajstić information content (AvgIpc) is 2.06. The molecule has 0 radical (unpaired) electrons. The highest BCUT2D eigenvalue weighted by atomic mass is 16.3. The second-order valence-corrected chi connectivity index (χ2v) is 4.74. The molecule has 0 aromatic heterocycles. The second-order valence-electron chi connectivity index (χ2n) is 4.74. The van der Waals surface area contributed by atoms with Crippen LogP contribution in [0.2, 0.25) is 0 Å². The first-order valence-electron chi connectivity index (χ1n) is 5.34. The molecule has 1 N–H and O–H groups in total. The van der Waals surface area contributed by atoms with Gasteiger partial charge in [0.05, 0.1) is 5.60 Å². The van der Waals surface area contributed by atoms with E-state index < -0.39 is 5.60 Å². The number of aliphatic hydroxyl groups is 1. The van der Waals surface area contributed by atoms with Crippen molar-refractivity contribution in [2.24, 2.45) is 0 Å². The van der Waals surface area contributed by atoms with Gasteiger partial charge in [0.25, 0.3) is 0 Å². The van der Waals surface area contributed by atoms with E-state index in [1.165, 1.54) is 16.7 Å². The van der Waals surface area contributed by atoms with Gasteiger partial charge < -0.3 is 5.11 Å². The highest BCUT2D eigenvalue weighted by Gasteiger charge is 2.30. The molecule has 1 aliphatic rings. The van der Waals surface area contributed by atoms with Crippen LogP contribution < -0.4 is 0 Å². The van der Waals surface area contributed by atoms with Crippen LogP contribution in [0.1, 0.15) is 42.0 Å². The Kier molecular flexibility index (Phi) is 2.15. The maximum atomic E-state index is 10.3. The van der Waals surface area contributed by atoms with Crippen LogP contribution in [0.5, 0.6) is 0 Å². The monoisotopic (exact) mass is 190 g/mol. The zero-order valence-electron chi connectivity index (χ0n) is 9.22. The first kappa shape index (κ1) is 9.72. The summed E-state index contributed by atoms with van der Waals surface area (Å²) >= 11 is 0. The fourth-order valence-corrected chi connectivity index (χ4v) is 2.55. The van der Waals surface area contributed by atoms with E-state index in [0.29, 0.717) is 0 Å². The minimum Gasteiger partial charge on any atom is -0.385 e. The zero-order chi connectivity index (χ0) is 10.3. The van der Waals surface area contributed by atoms with E-state index in [-0.39, 0.29) is 0 Å². The van der Waals surface area contributed by atoms with Crippen LogP contribution in [0.3, 0.4) is 0 Å². The van der Waals surface area contributed by atoms with Crippen molar-refractivity contribution in [3.05, 3.63) is 34.4 Å². The third kappa shape index (κ3) is 1.46. The normalized spacial score (nSPS) is 26.0. The first-order chi connectivity index (χ1) is 6.50. The standard InChI is InChI=1S/C13H18O/c1-9-7-10(2)11-5-4-6-13(3,14)12(11)8-9/h7-8,14H,4-6H2,1-3H3. The summed E-state index contributed by atoms with van der Waals surface area (Å²) in [6.07, 6.45) is 3.12. The third-order valence-electron chi connectivity index (χ3n) is 3.29. The molecule has 0 saturated heterocycles. The lowest BCUT2D eigenvalue weighted by Gasteiger charge is -2.32. The molecule has 1 aromatic carbocycles. The Hall–Kier alpha value is -0.820. The van der Waals surface area contributed by atoms with E-state index in [4.69, 9.17) is 0 Å². The van der Waals surface area contributed by atoms with Crippen LogP contribution in [-0.2, 0) is 12.0 Å². The van der Waals surface area contributed by atoms with Crippen LogP contribution in [0.4, 0.5) is 0 Å². The summed E-state index contributed by atoms with van der Waals surface area (Å²) in [7, 11) is 0. The Labute approximate surface area is 85.8 Å². The van der Waals surface area contributed by atoms with Gasteiger partial charge in [-0.1, -0.05) is 17.7 Å². The van der Waals surface area contributed by atoms with Gasteiger partial charge in [0, 0.05) is 0 Å². The SMILES string of the molecule is Cc1cc(C)c2c(c1)C(C)(O)CCC2. The molecule has 1 unspecified atom stereocenters. The number of aryl methyl sites for hydroxylation is 2. The van der Waals surface area contributed by atoms with Crippen molar-refractivity contribution >= 4 is 0 Å². The second kappa shape index (κ2) is 3.09. The van der Waals surface area contributed by atoms with Crippen molar-refractivity contribution in [3.8, 4) is 0 Å². The van der Waals surface area contributed by atoms with Gasteiger partial charge in [-0.15, -0.1) is 0 Å². The van der Waals surface area contributed by atoms with Gasteiger partial charge in [0.1, 0.15) is 0 Å². The molecule has 0 spiro atoms. The number of hydrogen-bond donors (Lipinski definition) is 1. The van der Waals surface area contributed by atoms with E-state index in [2.05, 4.69) is 26.0 Å². The maximum Gasteiger partial charge on any atom is 0.0871 e. The van der Waals surface area contributed by atoms with Crippen LogP contribution in [0.15, 0.2) is 12.1 Å².